The number of ether oxygens (including phenoxy) is 2. The minimum absolute atomic E-state index is 0.155. The Labute approximate surface area is 192 Å². The number of halogens is 1. The number of methoxy groups -OCH3 is 1. The summed E-state index contributed by atoms with van der Waals surface area (Å²) in [5.74, 6) is 0.0608. The Kier molecular flexibility index (Phi) is 7.32. The van der Waals surface area contributed by atoms with E-state index < -0.39 is 6.10 Å². The molecule has 2 heterocycles. The van der Waals surface area contributed by atoms with Gasteiger partial charge in [-0.15, -0.1) is 0 Å². The highest BCUT2D eigenvalue weighted by Gasteiger charge is 2.28. The Morgan fingerprint density at radius 2 is 2.15 bits per heavy atom. The largest absolute Gasteiger partial charge is 0.497 e. The van der Waals surface area contributed by atoms with Gasteiger partial charge in [0.2, 0.25) is 5.91 Å². The van der Waals surface area contributed by atoms with E-state index >= 15 is 0 Å². The van der Waals surface area contributed by atoms with Crippen molar-refractivity contribution in [3.63, 3.8) is 0 Å². The molecule has 1 amide bonds. The smallest absolute Gasteiger partial charge is 0.244 e. The summed E-state index contributed by atoms with van der Waals surface area (Å²) in [5, 5.41) is 14.6. The highest BCUT2D eigenvalue weighted by Crippen LogP contribution is 2.25. The highest BCUT2D eigenvalue weighted by atomic mass is 19.1. The maximum absolute atomic E-state index is 13.7. The number of amides is 1. The summed E-state index contributed by atoms with van der Waals surface area (Å²) in [6.45, 7) is 0.311. The Morgan fingerprint density at radius 3 is 2.91 bits per heavy atom. The van der Waals surface area contributed by atoms with Crippen LogP contribution in [0, 0.1) is 5.82 Å². The van der Waals surface area contributed by atoms with Crippen LogP contribution in [0.15, 0.2) is 60.8 Å². The van der Waals surface area contributed by atoms with E-state index in [1.807, 2.05) is 24.3 Å². The number of carbonyl (C=O) groups is 1. The number of nitrogens with zero attached hydrogens (tertiary/aromatic N) is 1. The summed E-state index contributed by atoms with van der Waals surface area (Å²) in [4.78, 5) is 16.6. The van der Waals surface area contributed by atoms with Crippen LogP contribution in [0.25, 0.3) is 17.0 Å². The third-order valence-electron chi connectivity index (χ3n) is 5.87. The van der Waals surface area contributed by atoms with Crippen molar-refractivity contribution < 1.29 is 23.8 Å². The number of aliphatic hydroxyl groups excluding tert-OH is 1. The quantitative estimate of drug-likeness (QED) is 0.537. The first kappa shape index (κ1) is 22.9. The first-order valence-corrected chi connectivity index (χ1v) is 11.0. The second kappa shape index (κ2) is 10.6. The third kappa shape index (κ3) is 5.74. The van der Waals surface area contributed by atoms with Gasteiger partial charge in [-0.05, 0) is 54.8 Å². The Bertz CT molecular complexity index is 1140. The number of benzene rings is 2. The first-order valence-electron chi connectivity index (χ1n) is 11.0. The first-order chi connectivity index (χ1) is 16.0. The van der Waals surface area contributed by atoms with Crippen molar-refractivity contribution in [2.45, 2.75) is 37.5 Å². The zero-order valence-corrected chi connectivity index (χ0v) is 18.4. The lowest BCUT2D eigenvalue weighted by atomic mass is 9.95. The summed E-state index contributed by atoms with van der Waals surface area (Å²) in [5.41, 5.74) is 2.18. The third-order valence-corrected chi connectivity index (χ3v) is 5.87. The SMILES string of the molecule is COc1ccc2nccc(C[C@H](O)[C@@H]3CC[C@@H](NC(=O)/C=C/c4ccccc4F)CO3)c2c1. The van der Waals surface area contributed by atoms with Crippen LogP contribution in [-0.4, -0.2) is 48.0 Å². The van der Waals surface area contributed by atoms with Gasteiger partial charge in [0.25, 0.3) is 0 Å². The number of carbonyl (C=O) groups excluding carboxylic acids is 1. The second-order valence-electron chi connectivity index (χ2n) is 8.13. The van der Waals surface area contributed by atoms with E-state index in [0.29, 0.717) is 31.4 Å². The number of pyridine rings is 1. The highest BCUT2D eigenvalue weighted by molar-refractivity contribution is 5.92. The van der Waals surface area contributed by atoms with Gasteiger partial charge in [0.05, 0.1) is 37.5 Å². The van der Waals surface area contributed by atoms with Crippen molar-refractivity contribution in [1.82, 2.24) is 10.3 Å². The van der Waals surface area contributed by atoms with Crippen molar-refractivity contribution in [3.8, 4) is 5.75 Å². The van der Waals surface area contributed by atoms with Gasteiger partial charge >= 0.3 is 0 Å². The number of aromatic nitrogens is 1. The fourth-order valence-electron chi connectivity index (χ4n) is 4.06. The molecule has 3 atom stereocenters. The number of nitrogens with one attached hydrogen (secondary N) is 1. The van der Waals surface area contributed by atoms with Crippen LogP contribution in [0.5, 0.6) is 5.75 Å². The molecule has 1 saturated heterocycles. The maximum atomic E-state index is 13.7. The Morgan fingerprint density at radius 1 is 1.30 bits per heavy atom. The van der Waals surface area contributed by atoms with Crippen molar-refractivity contribution in [3.05, 3.63) is 77.7 Å². The molecule has 4 rings (SSSR count). The molecule has 1 fully saturated rings. The molecule has 0 spiro atoms. The average Bonchev–Trinajstić information content (AvgIpc) is 2.84. The fourth-order valence-corrected chi connectivity index (χ4v) is 4.06. The van der Waals surface area contributed by atoms with E-state index in [9.17, 15) is 14.3 Å². The molecule has 33 heavy (non-hydrogen) atoms. The molecule has 7 heteroatoms. The van der Waals surface area contributed by atoms with Crippen molar-refractivity contribution >= 4 is 22.9 Å². The average molecular weight is 451 g/mol. The number of fused-ring (bicyclic) bond motifs is 1. The zero-order valence-electron chi connectivity index (χ0n) is 18.4. The van der Waals surface area contributed by atoms with Gasteiger partial charge in [-0.1, -0.05) is 18.2 Å². The predicted molar refractivity (Wildman–Crippen MR) is 124 cm³/mol. The zero-order chi connectivity index (χ0) is 23.2. The molecular formula is C26H27FN2O4. The monoisotopic (exact) mass is 450 g/mol. The lowest BCUT2D eigenvalue weighted by Gasteiger charge is -2.32. The van der Waals surface area contributed by atoms with Gasteiger partial charge in [-0.3, -0.25) is 9.78 Å². The molecule has 1 aliphatic rings. The van der Waals surface area contributed by atoms with Gasteiger partial charge in [0.1, 0.15) is 11.6 Å². The molecule has 0 bridgehead atoms. The van der Waals surface area contributed by atoms with E-state index in [4.69, 9.17) is 9.47 Å². The van der Waals surface area contributed by atoms with Crippen LogP contribution < -0.4 is 10.1 Å². The van der Waals surface area contributed by atoms with Gasteiger partial charge in [0.15, 0.2) is 0 Å². The van der Waals surface area contributed by atoms with Crippen LogP contribution in [0.3, 0.4) is 0 Å². The normalized spacial score (nSPS) is 19.5. The molecule has 6 nitrogen and oxygen atoms in total. The number of rotatable bonds is 7. The molecule has 0 saturated carbocycles. The molecule has 1 aromatic heterocycles. The standard InChI is InChI=1S/C26H27FN2O4/c1-32-20-8-9-23-21(15-20)18(12-13-28-23)14-24(30)25-10-7-19(16-33-25)29-26(31)11-6-17-4-2-3-5-22(17)27/h2-6,8-9,11-13,15,19,24-25,30H,7,10,14,16H2,1H3,(H,29,31)/b11-6+/t19-,24+,25+/m1/s1. The van der Waals surface area contributed by atoms with Gasteiger partial charge < -0.3 is 19.9 Å². The van der Waals surface area contributed by atoms with Crippen molar-refractivity contribution in [2.24, 2.45) is 0 Å². The summed E-state index contributed by atoms with van der Waals surface area (Å²) in [7, 11) is 1.62. The molecule has 2 aromatic carbocycles. The van der Waals surface area contributed by atoms with E-state index in [1.165, 1.54) is 18.2 Å². The topological polar surface area (TPSA) is 80.7 Å². The Hall–Kier alpha value is -3.29. The molecular weight excluding hydrogens is 423 g/mol. The van der Waals surface area contributed by atoms with Crippen LogP contribution in [0.4, 0.5) is 4.39 Å². The predicted octanol–water partition coefficient (Wildman–Crippen LogP) is 3.66. The lowest BCUT2D eigenvalue weighted by Crippen LogP contribution is -2.45. The lowest BCUT2D eigenvalue weighted by molar-refractivity contribution is -0.120. The molecule has 0 unspecified atom stereocenters. The molecule has 3 aromatic rings. The molecule has 172 valence electrons. The van der Waals surface area contributed by atoms with E-state index in [1.54, 1.807) is 31.5 Å². The van der Waals surface area contributed by atoms with Gasteiger partial charge in [-0.25, -0.2) is 4.39 Å². The number of hydrogen-bond acceptors (Lipinski definition) is 5. The number of aliphatic hydroxyl groups is 1. The van der Waals surface area contributed by atoms with Crippen LogP contribution in [0.2, 0.25) is 0 Å². The summed E-state index contributed by atoms with van der Waals surface area (Å²) < 4.78 is 24.9. The van der Waals surface area contributed by atoms with E-state index in [0.717, 1.165) is 22.2 Å². The minimum Gasteiger partial charge on any atom is -0.497 e. The molecule has 1 aliphatic heterocycles. The van der Waals surface area contributed by atoms with Gasteiger partial charge in [-0.2, -0.15) is 0 Å². The Balaban J connectivity index is 1.30. The van der Waals surface area contributed by atoms with Crippen molar-refractivity contribution in [1.29, 1.82) is 0 Å². The minimum atomic E-state index is -0.681. The van der Waals surface area contributed by atoms with Crippen LogP contribution in [-0.2, 0) is 16.0 Å². The van der Waals surface area contributed by atoms with Crippen LogP contribution >= 0.6 is 0 Å². The summed E-state index contributed by atoms with van der Waals surface area (Å²) >= 11 is 0. The van der Waals surface area contributed by atoms with Crippen molar-refractivity contribution in [2.75, 3.05) is 13.7 Å². The van der Waals surface area contributed by atoms with Crippen LogP contribution in [0.1, 0.15) is 24.0 Å². The van der Waals surface area contributed by atoms with E-state index in [2.05, 4.69) is 10.3 Å². The summed E-state index contributed by atoms with van der Waals surface area (Å²) in [6.07, 6.45) is 5.25. The molecule has 0 radical (unpaired) electrons. The molecule has 2 N–H and O–H groups in total. The fraction of sp³-hybridized carbons (Fsp3) is 0.308. The van der Waals surface area contributed by atoms with Gasteiger partial charge in [0, 0.05) is 29.6 Å². The summed E-state index contributed by atoms with van der Waals surface area (Å²) in [6, 6.07) is 13.7. The number of hydrogen-bond donors (Lipinski definition) is 2. The molecule has 0 aliphatic carbocycles. The maximum Gasteiger partial charge on any atom is 0.244 e. The van der Waals surface area contributed by atoms with E-state index in [-0.39, 0.29) is 23.9 Å². The second-order valence-corrected chi connectivity index (χ2v) is 8.13.